The van der Waals surface area contributed by atoms with E-state index in [-0.39, 0.29) is 4.83 Å². The maximum absolute atomic E-state index is 3.80. The van der Waals surface area contributed by atoms with Crippen LogP contribution in [-0.2, 0) is 0 Å². The zero-order valence-electron chi connectivity index (χ0n) is 12.2. The number of allylic oxidation sites excluding steroid dienone is 1. The highest BCUT2D eigenvalue weighted by atomic mass is 79.9. The first kappa shape index (κ1) is 14.8. The van der Waals surface area contributed by atoms with Gasteiger partial charge in [0.15, 0.2) is 0 Å². The van der Waals surface area contributed by atoms with Crippen LogP contribution < -0.4 is 0 Å². The van der Waals surface area contributed by atoms with Crippen molar-refractivity contribution in [3.05, 3.63) is 114 Å². The van der Waals surface area contributed by atoms with Gasteiger partial charge in [0, 0.05) is 0 Å². The summed E-state index contributed by atoms with van der Waals surface area (Å²) in [5.41, 5.74) is 4.96. The van der Waals surface area contributed by atoms with E-state index in [1.165, 1.54) is 22.3 Å². The molecule has 0 fully saturated rings. The van der Waals surface area contributed by atoms with Gasteiger partial charge in [0.2, 0.25) is 0 Å². The minimum absolute atomic E-state index is 0.184. The Bertz CT molecular complexity index is 689. The van der Waals surface area contributed by atoms with E-state index >= 15 is 0 Å². The second kappa shape index (κ2) is 7.24. The van der Waals surface area contributed by atoms with Crippen molar-refractivity contribution in [1.82, 2.24) is 0 Å². The van der Waals surface area contributed by atoms with Crippen molar-refractivity contribution in [2.24, 2.45) is 0 Å². The molecule has 0 radical (unpaired) electrons. The largest absolute Gasteiger partial charge is 0.0793 e. The van der Waals surface area contributed by atoms with E-state index < -0.39 is 0 Å². The van der Waals surface area contributed by atoms with E-state index in [1.54, 1.807) is 0 Å². The molecule has 0 aliphatic heterocycles. The van der Waals surface area contributed by atoms with Crippen molar-refractivity contribution in [1.29, 1.82) is 0 Å². The molecule has 0 nitrogen and oxygen atoms in total. The Hall–Kier alpha value is -2.12. The zero-order chi connectivity index (χ0) is 15.2. The minimum Gasteiger partial charge on any atom is -0.0793 e. The fourth-order valence-corrected chi connectivity index (χ4v) is 3.04. The minimum atomic E-state index is 0.184. The highest BCUT2D eigenvalue weighted by Crippen LogP contribution is 2.31. The van der Waals surface area contributed by atoms with Crippen molar-refractivity contribution in [2.45, 2.75) is 4.83 Å². The molecule has 0 N–H and O–H groups in total. The van der Waals surface area contributed by atoms with Crippen LogP contribution >= 0.6 is 15.9 Å². The van der Waals surface area contributed by atoms with Crippen LogP contribution in [0.3, 0.4) is 0 Å². The van der Waals surface area contributed by atoms with Gasteiger partial charge in [0.05, 0.1) is 4.83 Å². The Kier molecular flexibility index (Phi) is 4.87. The number of rotatable bonds is 4. The van der Waals surface area contributed by atoms with Crippen LogP contribution in [0.1, 0.15) is 21.5 Å². The standard InChI is InChI=1S/C21H17Br/c22-21(19-14-8-3-9-15-19)16-20(17-10-4-1-5-11-17)18-12-6-2-7-13-18/h1-16,21H. The van der Waals surface area contributed by atoms with Crippen LogP contribution in [0.15, 0.2) is 97.1 Å². The molecule has 0 saturated heterocycles. The third kappa shape index (κ3) is 3.55. The summed E-state index contributed by atoms with van der Waals surface area (Å²) in [5, 5.41) is 0. The molecule has 0 aliphatic carbocycles. The monoisotopic (exact) mass is 348 g/mol. The summed E-state index contributed by atoms with van der Waals surface area (Å²) >= 11 is 3.80. The second-order valence-corrected chi connectivity index (χ2v) is 6.11. The fourth-order valence-electron chi connectivity index (χ4n) is 2.47. The first-order valence-corrected chi connectivity index (χ1v) is 8.28. The Morgan fingerprint density at radius 1 is 0.636 bits per heavy atom. The summed E-state index contributed by atoms with van der Waals surface area (Å²) in [6.45, 7) is 0. The first-order valence-electron chi connectivity index (χ1n) is 7.36. The topological polar surface area (TPSA) is 0 Å². The lowest BCUT2D eigenvalue weighted by molar-refractivity contribution is 1.25. The third-order valence-corrected chi connectivity index (χ3v) is 4.39. The predicted octanol–water partition coefficient (Wildman–Crippen LogP) is 6.25. The smallest absolute Gasteiger partial charge is 0.0584 e. The highest BCUT2D eigenvalue weighted by molar-refractivity contribution is 9.09. The van der Waals surface area contributed by atoms with E-state index in [9.17, 15) is 0 Å². The van der Waals surface area contributed by atoms with Crippen molar-refractivity contribution in [2.75, 3.05) is 0 Å². The Morgan fingerprint density at radius 3 is 1.50 bits per heavy atom. The van der Waals surface area contributed by atoms with Crippen molar-refractivity contribution >= 4 is 21.5 Å². The quantitative estimate of drug-likeness (QED) is 0.488. The molecular formula is C21H17Br. The highest BCUT2D eigenvalue weighted by Gasteiger charge is 2.09. The molecule has 1 heteroatoms. The zero-order valence-corrected chi connectivity index (χ0v) is 13.8. The number of alkyl halides is 1. The van der Waals surface area contributed by atoms with Crippen molar-refractivity contribution < 1.29 is 0 Å². The Labute approximate surface area is 140 Å². The number of hydrogen-bond acceptors (Lipinski definition) is 0. The maximum Gasteiger partial charge on any atom is 0.0584 e. The number of halogens is 1. The van der Waals surface area contributed by atoms with Crippen molar-refractivity contribution in [3.63, 3.8) is 0 Å². The predicted molar refractivity (Wildman–Crippen MR) is 98.1 cm³/mol. The van der Waals surface area contributed by atoms with Crippen LogP contribution in [0.4, 0.5) is 0 Å². The number of benzene rings is 3. The molecule has 3 aromatic carbocycles. The summed E-state index contributed by atoms with van der Waals surface area (Å²) in [5.74, 6) is 0. The third-order valence-electron chi connectivity index (χ3n) is 3.60. The van der Waals surface area contributed by atoms with Gasteiger partial charge in [0.25, 0.3) is 0 Å². The average molecular weight is 349 g/mol. The Morgan fingerprint density at radius 2 is 1.05 bits per heavy atom. The molecule has 0 saturated carbocycles. The molecule has 0 aliphatic rings. The summed E-state index contributed by atoms with van der Waals surface area (Å²) in [4.78, 5) is 0.184. The lowest BCUT2D eigenvalue weighted by Gasteiger charge is -2.12. The molecule has 1 atom stereocenters. The normalized spacial score (nSPS) is 11.7. The molecule has 0 amide bonds. The molecule has 0 spiro atoms. The fraction of sp³-hybridized carbons (Fsp3) is 0.0476. The van der Waals surface area contributed by atoms with E-state index in [0.29, 0.717) is 0 Å². The van der Waals surface area contributed by atoms with Crippen molar-refractivity contribution in [3.8, 4) is 0 Å². The van der Waals surface area contributed by atoms with Gasteiger partial charge in [0.1, 0.15) is 0 Å². The summed E-state index contributed by atoms with van der Waals surface area (Å²) < 4.78 is 0. The van der Waals surface area contributed by atoms with Gasteiger partial charge in [-0.25, -0.2) is 0 Å². The number of hydrogen-bond donors (Lipinski definition) is 0. The van der Waals surface area contributed by atoms with Crippen LogP contribution in [0.5, 0.6) is 0 Å². The van der Waals surface area contributed by atoms with E-state index in [0.717, 1.165) is 0 Å². The average Bonchev–Trinajstić information content (AvgIpc) is 2.62. The summed E-state index contributed by atoms with van der Waals surface area (Å²) in [6.07, 6.45) is 2.28. The first-order chi connectivity index (χ1) is 10.8. The van der Waals surface area contributed by atoms with E-state index in [4.69, 9.17) is 0 Å². The van der Waals surface area contributed by atoms with Gasteiger partial charge in [-0.3, -0.25) is 0 Å². The van der Waals surface area contributed by atoms with Crippen LogP contribution in [0.2, 0.25) is 0 Å². The Balaban J connectivity index is 2.04. The molecular weight excluding hydrogens is 332 g/mol. The van der Waals surface area contributed by atoms with E-state index in [1.807, 2.05) is 6.07 Å². The molecule has 3 rings (SSSR count). The molecule has 0 heterocycles. The van der Waals surface area contributed by atoms with Crippen LogP contribution in [-0.4, -0.2) is 0 Å². The molecule has 108 valence electrons. The second-order valence-electron chi connectivity index (χ2n) is 5.12. The molecule has 0 bridgehead atoms. The van der Waals surface area contributed by atoms with Gasteiger partial charge in [-0.15, -0.1) is 0 Å². The molecule has 1 unspecified atom stereocenters. The maximum atomic E-state index is 3.80. The van der Waals surface area contributed by atoms with Gasteiger partial charge in [-0.2, -0.15) is 0 Å². The van der Waals surface area contributed by atoms with Gasteiger partial charge >= 0.3 is 0 Å². The summed E-state index contributed by atoms with van der Waals surface area (Å²) in [6, 6.07) is 31.5. The lowest BCUT2D eigenvalue weighted by atomic mass is 9.96. The summed E-state index contributed by atoms with van der Waals surface area (Å²) in [7, 11) is 0. The van der Waals surface area contributed by atoms with Gasteiger partial charge < -0.3 is 0 Å². The molecule has 22 heavy (non-hydrogen) atoms. The SMILES string of the molecule is BrC(C=C(c1ccccc1)c1ccccc1)c1ccccc1. The van der Waals surface area contributed by atoms with Crippen LogP contribution in [0.25, 0.3) is 5.57 Å². The van der Waals surface area contributed by atoms with Gasteiger partial charge in [-0.1, -0.05) is 113 Å². The van der Waals surface area contributed by atoms with E-state index in [2.05, 4.69) is 107 Å². The molecule has 3 aromatic rings. The van der Waals surface area contributed by atoms with Crippen LogP contribution in [0, 0.1) is 0 Å². The van der Waals surface area contributed by atoms with Gasteiger partial charge in [-0.05, 0) is 22.3 Å². The molecule has 0 aromatic heterocycles. The lowest BCUT2D eigenvalue weighted by Crippen LogP contribution is -1.92.